The van der Waals surface area contributed by atoms with Crippen molar-refractivity contribution in [2.24, 2.45) is 0 Å². The molecular formula is C19H28N2. The van der Waals surface area contributed by atoms with Crippen LogP contribution >= 0.6 is 0 Å². The summed E-state index contributed by atoms with van der Waals surface area (Å²) in [6, 6.07) is 11.4. The molecule has 2 rings (SSSR count). The van der Waals surface area contributed by atoms with Crippen LogP contribution < -0.4 is 0 Å². The summed E-state index contributed by atoms with van der Waals surface area (Å²) in [6.07, 6.45) is 16.4. The molecule has 114 valence electrons. The summed E-state index contributed by atoms with van der Waals surface area (Å²) in [5.74, 6) is 0. The Morgan fingerprint density at radius 2 is 1.81 bits per heavy atom. The Kier molecular flexibility index (Phi) is 7.06. The third-order valence-electron chi connectivity index (χ3n) is 4.20. The Morgan fingerprint density at radius 1 is 1.00 bits per heavy atom. The largest absolute Gasteiger partial charge is 0.334 e. The van der Waals surface area contributed by atoms with E-state index in [1.807, 2.05) is 12.5 Å². The van der Waals surface area contributed by atoms with Crippen molar-refractivity contribution < 1.29 is 0 Å². The molecule has 1 unspecified atom stereocenters. The highest BCUT2D eigenvalue weighted by atomic mass is 15.0. The maximum atomic E-state index is 4.22. The smallest absolute Gasteiger partial charge is 0.0948 e. The van der Waals surface area contributed by atoms with Crippen LogP contribution in [0.1, 0.15) is 63.5 Å². The zero-order valence-electron chi connectivity index (χ0n) is 13.2. The standard InChI is InChI=1S/C19H28N2/c1-2-3-4-5-9-12-19(21-16-15-20-17-21)14-13-18-10-7-6-8-11-18/h6-8,10-11,15-17,19H,2-5,9,12-14H2,1H3. The molecule has 21 heavy (non-hydrogen) atoms. The molecular weight excluding hydrogens is 256 g/mol. The highest BCUT2D eigenvalue weighted by Gasteiger charge is 2.10. The van der Waals surface area contributed by atoms with Crippen LogP contribution in [0.3, 0.4) is 0 Å². The van der Waals surface area contributed by atoms with E-state index < -0.39 is 0 Å². The molecule has 0 N–H and O–H groups in total. The molecule has 2 aromatic rings. The first-order valence-electron chi connectivity index (χ1n) is 8.41. The highest BCUT2D eigenvalue weighted by Crippen LogP contribution is 2.22. The van der Waals surface area contributed by atoms with Crippen LogP contribution in [-0.4, -0.2) is 9.55 Å². The average molecular weight is 284 g/mol. The summed E-state index contributed by atoms with van der Waals surface area (Å²) < 4.78 is 2.29. The van der Waals surface area contributed by atoms with Gasteiger partial charge < -0.3 is 4.57 Å². The Hall–Kier alpha value is -1.57. The summed E-state index contributed by atoms with van der Waals surface area (Å²) in [7, 11) is 0. The summed E-state index contributed by atoms with van der Waals surface area (Å²) >= 11 is 0. The van der Waals surface area contributed by atoms with Gasteiger partial charge in [0, 0.05) is 18.4 Å². The van der Waals surface area contributed by atoms with Crippen LogP contribution in [0.25, 0.3) is 0 Å². The lowest BCUT2D eigenvalue weighted by Gasteiger charge is -2.18. The minimum absolute atomic E-state index is 0.592. The monoisotopic (exact) mass is 284 g/mol. The van der Waals surface area contributed by atoms with Crippen molar-refractivity contribution in [1.29, 1.82) is 0 Å². The molecule has 0 bridgehead atoms. The number of aryl methyl sites for hydroxylation is 1. The normalized spacial score (nSPS) is 12.4. The highest BCUT2D eigenvalue weighted by molar-refractivity contribution is 5.14. The lowest BCUT2D eigenvalue weighted by Crippen LogP contribution is -2.08. The van der Waals surface area contributed by atoms with Gasteiger partial charge in [0.15, 0.2) is 0 Å². The van der Waals surface area contributed by atoms with Crippen LogP contribution in [0, 0.1) is 0 Å². The molecule has 1 aromatic heterocycles. The second kappa shape index (κ2) is 9.38. The Bertz CT molecular complexity index is 462. The minimum atomic E-state index is 0.592. The van der Waals surface area contributed by atoms with Gasteiger partial charge in [-0.15, -0.1) is 0 Å². The Morgan fingerprint density at radius 3 is 2.52 bits per heavy atom. The molecule has 0 amide bonds. The first-order chi connectivity index (χ1) is 10.4. The fourth-order valence-electron chi connectivity index (χ4n) is 2.89. The third-order valence-corrected chi connectivity index (χ3v) is 4.20. The SMILES string of the molecule is CCCCCCCC(CCc1ccccc1)n1ccnc1. The summed E-state index contributed by atoms with van der Waals surface area (Å²) in [6.45, 7) is 2.27. The number of rotatable bonds is 10. The third kappa shape index (κ3) is 5.74. The predicted octanol–water partition coefficient (Wildman–Crippen LogP) is 5.42. The van der Waals surface area contributed by atoms with Gasteiger partial charge >= 0.3 is 0 Å². The Balaban J connectivity index is 1.81. The number of nitrogens with zero attached hydrogens (tertiary/aromatic N) is 2. The van der Waals surface area contributed by atoms with Crippen molar-refractivity contribution in [2.75, 3.05) is 0 Å². The van der Waals surface area contributed by atoms with Crippen molar-refractivity contribution in [3.8, 4) is 0 Å². The number of hydrogen-bond donors (Lipinski definition) is 0. The van der Waals surface area contributed by atoms with E-state index in [0.717, 1.165) is 6.42 Å². The molecule has 0 saturated carbocycles. The molecule has 0 aliphatic carbocycles. The summed E-state index contributed by atoms with van der Waals surface area (Å²) in [4.78, 5) is 4.22. The first-order valence-corrected chi connectivity index (χ1v) is 8.41. The van der Waals surface area contributed by atoms with E-state index in [1.165, 1.54) is 50.5 Å². The van der Waals surface area contributed by atoms with Gasteiger partial charge in [-0.3, -0.25) is 0 Å². The van der Waals surface area contributed by atoms with Crippen molar-refractivity contribution in [3.05, 3.63) is 54.6 Å². The zero-order valence-corrected chi connectivity index (χ0v) is 13.2. The molecule has 1 heterocycles. The second-order valence-electron chi connectivity index (χ2n) is 5.89. The lowest BCUT2D eigenvalue weighted by molar-refractivity contribution is 0.412. The predicted molar refractivity (Wildman–Crippen MR) is 89.4 cm³/mol. The molecule has 2 heteroatoms. The number of aromatic nitrogens is 2. The van der Waals surface area contributed by atoms with Gasteiger partial charge in [0.2, 0.25) is 0 Å². The zero-order chi connectivity index (χ0) is 14.8. The van der Waals surface area contributed by atoms with Crippen LogP contribution in [0.15, 0.2) is 49.1 Å². The van der Waals surface area contributed by atoms with Crippen molar-refractivity contribution in [3.63, 3.8) is 0 Å². The van der Waals surface area contributed by atoms with Crippen LogP contribution in [0.2, 0.25) is 0 Å². The van der Waals surface area contributed by atoms with Gasteiger partial charge in [-0.05, 0) is 24.8 Å². The van der Waals surface area contributed by atoms with Crippen molar-refractivity contribution in [2.45, 2.75) is 64.3 Å². The molecule has 1 aromatic carbocycles. The Labute approximate surface area is 129 Å². The van der Waals surface area contributed by atoms with Gasteiger partial charge in [0.1, 0.15) is 0 Å². The molecule has 0 aliphatic rings. The van der Waals surface area contributed by atoms with Gasteiger partial charge in [-0.25, -0.2) is 4.98 Å². The van der Waals surface area contributed by atoms with E-state index in [9.17, 15) is 0 Å². The topological polar surface area (TPSA) is 17.8 Å². The lowest BCUT2D eigenvalue weighted by atomic mass is 9.99. The molecule has 0 fully saturated rings. The van der Waals surface area contributed by atoms with E-state index >= 15 is 0 Å². The van der Waals surface area contributed by atoms with Gasteiger partial charge in [-0.2, -0.15) is 0 Å². The van der Waals surface area contributed by atoms with Crippen molar-refractivity contribution in [1.82, 2.24) is 9.55 Å². The van der Waals surface area contributed by atoms with E-state index in [4.69, 9.17) is 0 Å². The maximum absolute atomic E-state index is 4.22. The molecule has 0 radical (unpaired) electrons. The molecule has 0 saturated heterocycles. The number of benzene rings is 1. The minimum Gasteiger partial charge on any atom is -0.334 e. The van der Waals surface area contributed by atoms with Crippen LogP contribution in [-0.2, 0) is 6.42 Å². The molecule has 2 nitrogen and oxygen atoms in total. The van der Waals surface area contributed by atoms with E-state index in [0.29, 0.717) is 6.04 Å². The van der Waals surface area contributed by atoms with Gasteiger partial charge in [0.05, 0.1) is 6.33 Å². The second-order valence-corrected chi connectivity index (χ2v) is 5.89. The van der Waals surface area contributed by atoms with E-state index in [2.05, 4.69) is 53.0 Å². The van der Waals surface area contributed by atoms with Crippen molar-refractivity contribution >= 4 is 0 Å². The number of imidazole rings is 1. The summed E-state index contributed by atoms with van der Waals surface area (Å²) in [5, 5.41) is 0. The number of unbranched alkanes of at least 4 members (excludes halogenated alkanes) is 4. The van der Waals surface area contributed by atoms with Crippen LogP contribution in [0.4, 0.5) is 0 Å². The van der Waals surface area contributed by atoms with E-state index in [-0.39, 0.29) is 0 Å². The fourth-order valence-corrected chi connectivity index (χ4v) is 2.89. The maximum Gasteiger partial charge on any atom is 0.0948 e. The molecule has 0 aliphatic heterocycles. The molecule has 1 atom stereocenters. The first kappa shape index (κ1) is 15.8. The fraction of sp³-hybridized carbons (Fsp3) is 0.526. The number of hydrogen-bond acceptors (Lipinski definition) is 1. The average Bonchev–Trinajstić information content (AvgIpc) is 3.05. The van der Waals surface area contributed by atoms with Gasteiger partial charge in [0.25, 0.3) is 0 Å². The van der Waals surface area contributed by atoms with E-state index in [1.54, 1.807) is 0 Å². The molecule has 0 spiro atoms. The van der Waals surface area contributed by atoms with Gasteiger partial charge in [-0.1, -0.05) is 69.4 Å². The van der Waals surface area contributed by atoms with Crippen LogP contribution in [0.5, 0.6) is 0 Å². The summed E-state index contributed by atoms with van der Waals surface area (Å²) in [5.41, 5.74) is 1.44. The quantitative estimate of drug-likeness (QED) is 0.533.